The number of benzene rings is 1. The van der Waals surface area contributed by atoms with Crippen molar-refractivity contribution in [1.82, 2.24) is 0 Å². The van der Waals surface area contributed by atoms with Crippen molar-refractivity contribution < 1.29 is 4.92 Å². The van der Waals surface area contributed by atoms with Gasteiger partial charge < -0.3 is 0 Å². The first kappa shape index (κ1) is 10.2. The van der Waals surface area contributed by atoms with Crippen molar-refractivity contribution in [1.29, 1.82) is 5.26 Å². The molecule has 1 aromatic rings. The largest absolute Gasteiger partial charge is 0.270 e. The maximum Gasteiger partial charge on any atom is 0.270 e. The van der Waals surface area contributed by atoms with Gasteiger partial charge in [-0.3, -0.25) is 10.1 Å². The van der Waals surface area contributed by atoms with Crippen molar-refractivity contribution in [3.63, 3.8) is 0 Å². The Labute approximate surface area is 85.2 Å². The van der Waals surface area contributed by atoms with Crippen LogP contribution in [0.5, 0.6) is 0 Å². The van der Waals surface area contributed by atoms with Gasteiger partial charge in [-0.15, -0.1) is 0 Å². The van der Waals surface area contributed by atoms with Crippen molar-refractivity contribution in [3.8, 4) is 6.07 Å². The summed E-state index contributed by atoms with van der Waals surface area (Å²) in [4.78, 5) is 9.89. The lowest BCUT2D eigenvalue weighted by atomic mass is 10.2. The number of non-ortho nitro benzene ring substituents is 1. The van der Waals surface area contributed by atoms with E-state index in [1.807, 2.05) is 0 Å². The first-order valence-corrected chi connectivity index (χ1v) is 4.03. The number of allylic oxidation sites excluding steroid dienone is 1. The summed E-state index contributed by atoms with van der Waals surface area (Å²) in [5.74, 6) is 0. The molecular weight excluding hydrogens is 204 g/mol. The monoisotopic (exact) mass is 208 g/mol. The predicted octanol–water partition coefficient (Wildman–Crippen LogP) is 2.70. The number of nitro benzene ring substituents is 1. The minimum absolute atomic E-state index is 0.00880. The first-order chi connectivity index (χ1) is 6.63. The van der Waals surface area contributed by atoms with Crippen LogP contribution in [0.4, 0.5) is 5.69 Å². The molecule has 0 fully saturated rings. The molecule has 0 N–H and O–H groups in total. The second-order valence-electron chi connectivity index (χ2n) is 2.46. The van der Waals surface area contributed by atoms with Crippen molar-refractivity contribution in [2.24, 2.45) is 0 Å². The Morgan fingerprint density at radius 3 is 2.93 bits per heavy atom. The van der Waals surface area contributed by atoms with Crippen LogP contribution < -0.4 is 0 Å². The van der Waals surface area contributed by atoms with E-state index in [-0.39, 0.29) is 10.7 Å². The highest BCUT2D eigenvalue weighted by molar-refractivity contribution is 6.33. The molecule has 70 valence electrons. The van der Waals surface area contributed by atoms with E-state index in [9.17, 15) is 10.1 Å². The lowest BCUT2D eigenvalue weighted by Crippen LogP contribution is -1.87. The molecule has 0 aliphatic rings. The third kappa shape index (κ3) is 2.57. The molecule has 0 spiro atoms. The average Bonchev–Trinajstić information content (AvgIpc) is 2.18. The quantitative estimate of drug-likeness (QED) is 0.426. The summed E-state index contributed by atoms with van der Waals surface area (Å²) in [6, 6.07) is 7.60. The van der Waals surface area contributed by atoms with Gasteiger partial charge in [0, 0.05) is 12.1 Å². The van der Waals surface area contributed by atoms with Gasteiger partial charge in [-0.25, -0.2) is 0 Å². The molecule has 0 aliphatic carbocycles. The minimum atomic E-state index is -0.502. The molecule has 0 saturated heterocycles. The Bertz CT molecular complexity index is 435. The SMILES string of the molecule is N#CC(Cl)=Cc1cccc([N+](=O)[O-])c1. The number of nitrogens with zero attached hydrogens (tertiary/aromatic N) is 2. The van der Waals surface area contributed by atoms with Gasteiger partial charge in [-0.2, -0.15) is 5.26 Å². The average molecular weight is 209 g/mol. The van der Waals surface area contributed by atoms with Crippen LogP contribution in [0.2, 0.25) is 0 Å². The summed E-state index contributed by atoms with van der Waals surface area (Å²) in [5.41, 5.74) is 0.506. The zero-order valence-corrected chi connectivity index (χ0v) is 7.73. The molecule has 0 aromatic heterocycles. The van der Waals surface area contributed by atoms with Gasteiger partial charge in [0.2, 0.25) is 0 Å². The van der Waals surface area contributed by atoms with Crippen LogP contribution >= 0.6 is 11.6 Å². The second kappa shape index (κ2) is 4.40. The number of halogens is 1. The summed E-state index contributed by atoms with van der Waals surface area (Å²) >= 11 is 5.46. The summed E-state index contributed by atoms with van der Waals surface area (Å²) < 4.78 is 0. The highest BCUT2D eigenvalue weighted by Gasteiger charge is 2.04. The van der Waals surface area contributed by atoms with Crippen LogP contribution in [0.15, 0.2) is 29.3 Å². The molecule has 1 aromatic carbocycles. The van der Waals surface area contributed by atoms with E-state index >= 15 is 0 Å². The van der Waals surface area contributed by atoms with E-state index in [1.54, 1.807) is 12.1 Å². The van der Waals surface area contributed by atoms with Gasteiger partial charge in [0.05, 0.1) is 4.92 Å². The Morgan fingerprint density at radius 2 is 2.36 bits per heavy atom. The molecule has 0 aliphatic heterocycles. The zero-order valence-electron chi connectivity index (χ0n) is 6.98. The summed E-state index contributed by atoms with van der Waals surface area (Å²) in [6.45, 7) is 0. The van der Waals surface area contributed by atoms with Gasteiger partial charge >= 0.3 is 0 Å². The Morgan fingerprint density at radius 1 is 1.64 bits per heavy atom. The zero-order chi connectivity index (χ0) is 10.6. The Balaban J connectivity index is 3.08. The van der Waals surface area contributed by atoms with Crippen LogP contribution in [0.1, 0.15) is 5.56 Å². The van der Waals surface area contributed by atoms with Crippen LogP contribution in [0, 0.1) is 21.4 Å². The van der Waals surface area contributed by atoms with E-state index in [2.05, 4.69) is 0 Å². The third-order valence-corrected chi connectivity index (χ3v) is 1.67. The van der Waals surface area contributed by atoms with E-state index < -0.39 is 4.92 Å². The smallest absolute Gasteiger partial charge is 0.258 e. The van der Waals surface area contributed by atoms with E-state index in [4.69, 9.17) is 16.9 Å². The summed E-state index contributed by atoms with van der Waals surface area (Å²) in [6.07, 6.45) is 1.37. The molecule has 0 heterocycles. The number of nitro groups is 1. The summed E-state index contributed by atoms with van der Waals surface area (Å²) in [7, 11) is 0. The number of hydrogen-bond donors (Lipinski definition) is 0. The van der Waals surface area contributed by atoms with Gasteiger partial charge in [-0.05, 0) is 11.6 Å². The van der Waals surface area contributed by atoms with Crippen molar-refractivity contribution in [2.45, 2.75) is 0 Å². The van der Waals surface area contributed by atoms with Gasteiger partial charge in [0.15, 0.2) is 0 Å². The molecule has 0 unspecified atom stereocenters. The Hall–Kier alpha value is -1.86. The molecule has 0 atom stereocenters. The molecule has 4 nitrogen and oxygen atoms in total. The minimum Gasteiger partial charge on any atom is -0.258 e. The first-order valence-electron chi connectivity index (χ1n) is 3.65. The standard InChI is InChI=1S/C9H5ClN2O2/c10-8(6-11)4-7-2-1-3-9(5-7)12(13)14/h1-5H. The molecule has 0 bridgehead atoms. The van der Waals surface area contributed by atoms with Crippen molar-refractivity contribution in [3.05, 3.63) is 45.0 Å². The van der Waals surface area contributed by atoms with Crippen molar-refractivity contribution in [2.75, 3.05) is 0 Å². The normalized spacial score (nSPS) is 10.7. The predicted molar refractivity (Wildman–Crippen MR) is 52.5 cm³/mol. The molecule has 0 amide bonds. The van der Waals surface area contributed by atoms with Crippen LogP contribution in [0.3, 0.4) is 0 Å². The van der Waals surface area contributed by atoms with Gasteiger partial charge in [-0.1, -0.05) is 23.7 Å². The van der Waals surface area contributed by atoms with E-state index in [0.717, 1.165) is 0 Å². The fourth-order valence-corrected chi connectivity index (χ4v) is 1.03. The van der Waals surface area contributed by atoms with Gasteiger partial charge in [0.25, 0.3) is 5.69 Å². The molecular formula is C9H5ClN2O2. The fourth-order valence-electron chi connectivity index (χ4n) is 0.907. The Kier molecular flexibility index (Phi) is 3.21. The molecule has 14 heavy (non-hydrogen) atoms. The summed E-state index contributed by atoms with van der Waals surface area (Å²) in [5, 5.41) is 18.8. The molecule has 5 heteroatoms. The van der Waals surface area contributed by atoms with Crippen LogP contribution in [-0.4, -0.2) is 4.92 Å². The van der Waals surface area contributed by atoms with Crippen LogP contribution in [0.25, 0.3) is 6.08 Å². The fraction of sp³-hybridized carbons (Fsp3) is 0. The maximum absolute atomic E-state index is 10.4. The molecule has 1 rings (SSSR count). The lowest BCUT2D eigenvalue weighted by molar-refractivity contribution is -0.384. The van der Waals surface area contributed by atoms with E-state index in [0.29, 0.717) is 5.56 Å². The van der Waals surface area contributed by atoms with E-state index in [1.165, 1.54) is 24.3 Å². The van der Waals surface area contributed by atoms with Crippen LogP contribution in [-0.2, 0) is 0 Å². The van der Waals surface area contributed by atoms with Gasteiger partial charge in [0.1, 0.15) is 11.1 Å². The topological polar surface area (TPSA) is 66.9 Å². The molecule has 0 radical (unpaired) electrons. The number of nitriles is 1. The highest BCUT2D eigenvalue weighted by atomic mass is 35.5. The number of rotatable bonds is 2. The van der Waals surface area contributed by atoms with Crippen molar-refractivity contribution >= 4 is 23.4 Å². The lowest BCUT2D eigenvalue weighted by Gasteiger charge is -1.93. The highest BCUT2D eigenvalue weighted by Crippen LogP contribution is 2.16. The number of hydrogen-bond acceptors (Lipinski definition) is 3. The maximum atomic E-state index is 10.4. The molecule has 0 saturated carbocycles. The third-order valence-electron chi connectivity index (χ3n) is 1.48. The second-order valence-corrected chi connectivity index (χ2v) is 2.86.